The van der Waals surface area contributed by atoms with E-state index in [2.05, 4.69) is 0 Å². The molecule has 0 saturated heterocycles. The van der Waals surface area contributed by atoms with E-state index in [1.807, 2.05) is 18.2 Å². The van der Waals surface area contributed by atoms with E-state index in [1.54, 1.807) is 12.1 Å². The number of rotatable bonds is 4. The summed E-state index contributed by atoms with van der Waals surface area (Å²) in [4.78, 5) is 9.94. The Morgan fingerprint density at radius 2 is 1.93 bits per heavy atom. The molecule has 0 heterocycles. The Kier molecular flexibility index (Phi) is 4.51. The number of benzene rings is 1. The Morgan fingerprint density at radius 3 is 2.57 bits per heavy atom. The average molecular weight is 209 g/mol. The van der Waals surface area contributed by atoms with Gasteiger partial charge in [-0.15, -0.1) is 0 Å². The number of hydrogen-bond acceptors (Lipinski definition) is 2. The van der Waals surface area contributed by atoms with E-state index in [4.69, 9.17) is 16.3 Å². The minimum Gasteiger partial charge on any atom is -0.445 e. The summed E-state index contributed by atoms with van der Waals surface area (Å²) in [7, 11) is 0. The van der Waals surface area contributed by atoms with E-state index in [0.29, 0.717) is 12.0 Å². The fourth-order valence-corrected chi connectivity index (χ4v) is 0.974. The van der Waals surface area contributed by atoms with Gasteiger partial charge in [0.2, 0.25) is 0 Å². The summed E-state index contributed by atoms with van der Waals surface area (Å²) in [5.74, 6) is 0.660. The molecule has 0 bridgehead atoms. The number of halogens is 1. The van der Waals surface area contributed by atoms with Crippen molar-refractivity contribution < 1.29 is 9.53 Å². The molecule has 0 N–H and O–H groups in total. The van der Waals surface area contributed by atoms with Crippen LogP contribution in [0, 0.1) is 0 Å². The van der Waals surface area contributed by atoms with Crippen LogP contribution in [0.1, 0.15) is 0 Å². The molecule has 0 unspecified atom stereocenters. The predicted molar refractivity (Wildman–Crippen MR) is 56.2 cm³/mol. The summed E-state index contributed by atoms with van der Waals surface area (Å²) in [6.07, 6.45) is 5.02. The predicted octanol–water partition coefficient (Wildman–Crippen LogP) is 2.90. The number of para-hydroxylation sites is 1. The Balaban J connectivity index is 2.57. The smallest absolute Gasteiger partial charge is 0.193 e. The van der Waals surface area contributed by atoms with E-state index in [-0.39, 0.29) is 5.22 Å². The van der Waals surface area contributed by atoms with Crippen molar-refractivity contribution in [1.29, 1.82) is 0 Å². The van der Waals surface area contributed by atoms with Gasteiger partial charge in [-0.2, -0.15) is 0 Å². The van der Waals surface area contributed by atoms with Crippen molar-refractivity contribution in [2.24, 2.45) is 0 Å². The second-order valence-corrected chi connectivity index (χ2v) is 2.78. The highest BCUT2D eigenvalue weighted by molar-refractivity contribution is 6.28. The molecule has 0 aliphatic carbocycles. The molecule has 2 nitrogen and oxygen atoms in total. The third-order valence-electron chi connectivity index (χ3n) is 1.38. The first kappa shape index (κ1) is 10.5. The normalized spacial score (nSPS) is 11.6. The molecule has 0 fully saturated rings. The quantitative estimate of drug-likeness (QED) is 0.329. The first-order valence-corrected chi connectivity index (χ1v) is 4.41. The van der Waals surface area contributed by atoms with Crippen LogP contribution in [-0.4, -0.2) is 6.29 Å². The number of ether oxygens (including phenoxy) is 1. The van der Waals surface area contributed by atoms with Crippen molar-refractivity contribution in [3.05, 3.63) is 53.8 Å². The zero-order chi connectivity index (χ0) is 10.2. The summed E-state index contributed by atoms with van der Waals surface area (Å²) >= 11 is 5.72. The van der Waals surface area contributed by atoms with Gasteiger partial charge in [-0.05, 0) is 35.9 Å². The number of aldehydes is 1. The van der Waals surface area contributed by atoms with Gasteiger partial charge in [-0.25, -0.2) is 0 Å². The van der Waals surface area contributed by atoms with Gasteiger partial charge in [0.25, 0.3) is 0 Å². The lowest BCUT2D eigenvalue weighted by atomic mass is 10.3. The van der Waals surface area contributed by atoms with E-state index >= 15 is 0 Å². The molecule has 3 heteroatoms. The fraction of sp³-hybridized carbons (Fsp3) is 0. The molecular weight excluding hydrogens is 200 g/mol. The van der Waals surface area contributed by atoms with Crippen molar-refractivity contribution in [3.63, 3.8) is 0 Å². The second kappa shape index (κ2) is 6.00. The SMILES string of the molecule is O=C/C=C/C=C(/Cl)Oc1ccccc1. The monoisotopic (exact) mass is 208 g/mol. The first-order chi connectivity index (χ1) is 6.83. The zero-order valence-electron chi connectivity index (χ0n) is 7.39. The molecule has 0 radical (unpaired) electrons. The number of allylic oxidation sites excluding steroid dienone is 3. The average Bonchev–Trinajstić information content (AvgIpc) is 2.20. The van der Waals surface area contributed by atoms with Gasteiger partial charge in [0.1, 0.15) is 12.0 Å². The van der Waals surface area contributed by atoms with Gasteiger partial charge in [-0.1, -0.05) is 24.3 Å². The molecular formula is C11H9ClO2. The molecule has 0 saturated carbocycles. The van der Waals surface area contributed by atoms with E-state index in [9.17, 15) is 4.79 Å². The topological polar surface area (TPSA) is 26.3 Å². The maximum atomic E-state index is 9.94. The number of carbonyl (C=O) groups is 1. The van der Waals surface area contributed by atoms with Crippen LogP contribution >= 0.6 is 11.6 Å². The fourth-order valence-electron chi connectivity index (χ4n) is 0.812. The second-order valence-electron chi connectivity index (χ2n) is 2.41. The standard InChI is InChI=1S/C11H9ClO2/c12-11(8-4-5-9-13)14-10-6-2-1-3-7-10/h1-9H/b5-4+,11-8-. The molecule has 0 aliphatic heterocycles. The van der Waals surface area contributed by atoms with Crippen LogP contribution in [0.4, 0.5) is 0 Å². The molecule has 72 valence electrons. The van der Waals surface area contributed by atoms with Crippen molar-refractivity contribution in [3.8, 4) is 5.75 Å². The zero-order valence-corrected chi connectivity index (χ0v) is 8.15. The lowest BCUT2D eigenvalue weighted by Crippen LogP contribution is -1.86. The van der Waals surface area contributed by atoms with Gasteiger partial charge in [0, 0.05) is 0 Å². The van der Waals surface area contributed by atoms with Crippen LogP contribution in [0.2, 0.25) is 0 Å². The highest BCUT2D eigenvalue weighted by atomic mass is 35.5. The van der Waals surface area contributed by atoms with Gasteiger partial charge < -0.3 is 4.74 Å². The van der Waals surface area contributed by atoms with Gasteiger partial charge >= 0.3 is 0 Å². The molecule has 1 rings (SSSR count). The number of carbonyl (C=O) groups excluding carboxylic acids is 1. The summed E-state index contributed by atoms with van der Waals surface area (Å²) < 4.78 is 5.22. The molecule has 14 heavy (non-hydrogen) atoms. The maximum Gasteiger partial charge on any atom is 0.193 e. The minimum absolute atomic E-state index is 0.217. The van der Waals surface area contributed by atoms with Crippen LogP contribution in [0.25, 0.3) is 0 Å². The van der Waals surface area contributed by atoms with Crippen molar-refractivity contribution >= 4 is 17.9 Å². The van der Waals surface area contributed by atoms with E-state index < -0.39 is 0 Å². The number of hydrogen-bond donors (Lipinski definition) is 0. The summed E-state index contributed by atoms with van der Waals surface area (Å²) in [6.45, 7) is 0. The third kappa shape index (κ3) is 3.92. The van der Waals surface area contributed by atoms with E-state index in [0.717, 1.165) is 0 Å². The Labute approximate surface area is 87.5 Å². The van der Waals surface area contributed by atoms with Crippen molar-refractivity contribution in [1.82, 2.24) is 0 Å². The van der Waals surface area contributed by atoms with Crippen LogP contribution in [0.3, 0.4) is 0 Å². The molecule has 0 aliphatic rings. The molecule has 0 amide bonds. The summed E-state index contributed by atoms with van der Waals surface area (Å²) in [5.41, 5.74) is 0. The Bertz CT molecular complexity index is 342. The highest BCUT2D eigenvalue weighted by Gasteiger charge is 1.93. The lowest BCUT2D eigenvalue weighted by Gasteiger charge is -2.01. The molecule has 0 aromatic heterocycles. The third-order valence-corrected chi connectivity index (χ3v) is 1.58. The summed E-state index contributed by atoms with van der Waals surface area (Å²) in [5, 5.41) is 0.217. The van der Waals surface area contributed by atoms with E-state index in [1.165, 1.54) is 18.2 Å². The maximum absolute atomic E-state index is 9.94. The molecule has 0 atom stereocenters. The first-order valence-electron chi connectivity index (χ1n) is 4.03. The highest BCUT2D eigenvalue weighted by Crippen LogP contribution is 2.14. The minimum atomic E-state index is 0.217. The van der Waals surface area contributed by atoms with Gasteiger partial charge in [-0.3, -0.25) is 4.79 Å². The van der Waals surface area contributed by atoms with Crippen LogP contribution in [-0.2, 0) is 4.79 Å². The molecule has 0 spiro atoms. The van der Waals surface area contributed by atoms with Gasteiger partial charge in [0.15, 0.2) is 5.22 Å². The Morgan fingerprint density at radius 1 is 1.21 bits per heavy atom. The lowest BCUT2D eigenvalue weighted by molar-refractivity contribution is -0.104. The van der Waals surface area contributed by atoms with Crippen molar-refractivity contribution in [2.75, 3.05) is 0 Å². The summed E-state index contributed by atoms with van der Waals surface area (Å²) in [6, 6.07) is 9.16. The Hall–Kier alpha value is -1.54. The van der Waals surface area contributed by atoms with Crippen LogP contribution in [0.15, 0.2) is 53.8 Å². The van der Waals surface area contributed by atoms with Crippen LogP contribution < -0.4 is 4.74 Å². The van der Waals surface area contributed by atoms with Gasteiger partial charge in [0.05, 0.1) is 0 Å². The largest absolute Gasteiger partial charge is 0.445 e. The van der Waals surface area contributed by atoms with Crippen molar-refractivity contribution in [2.45, 2.75) is 0 Å². The molecule has 1 aromatic carbocycles. The molecule has 1 aromatic rings. The van der Waals surface area contributed by atoms with Crippen LogP contribution in [0.5, 0.6) is 5.75 Å².